The van der Waals surface area contributed by atoms with Gasteiger partial charge in [-0.3, -0.25) is 9.78 Å². The zero-order chi connectivity index (χ0) is 32.1. The fraction of sp³-hybridized carbons (Fsp3) is 0.581. The van der Waals surface area contributed by atoms with E-state index in [-0.39, 0.29) is 45.9 Å². The normalized spacial score (nSPS) is 27.4. The minimum Gasteiger partial charge on any atom is -0.453 e. The highest BCUT2D eigenvalue weighted by molar-refractivity contribution is 7.89. The van der Waals surface area contributed by atoms with Crippen LogP contribution in [0.3, 0.4) is 0 Å². The Balaban J connectivity index is 1.37. The van der Waals surface area contributed by atoms with Crippen LogP contribution in [-0.2, 0) is 19.6 Å². The number of hydrogen-bond donors (Lipinski definition) is 3. The van der Waals surface area contributed by atoms with Gasteiger partial charge in [-0.15, -0.1) is 0 Å². The van der Waals surface area contributed by atoms with Gasteiger partial charge in [0, 0.05) is 43.3 Å². The number of alkyl carbamates (subject to hydrolysis) is 1. The number of carbonyl (C=O) groups is 2. The van der Waals surface area contributed by atoms with Gasteiger partial charge in [0.2, 0.25) is 15.9 Å². The molecule has 0 spiro atoms. The van der Waals surface area contributed by atoms with Gasteiger partial charge in [0.15, 0.2) is 0 Å². The number of nitrogens with zero attached hydrogens (tertiary/aromatic N) is 2. The van der Waals surface area contributed by atoms with E-state index in [9.17, 15) is 26.8 Å². The molecule has 2 saturated heterocycles. The van der Waals surface area contributed by atoms with Crippen molar-refractivity contribution in [1.82, 2.24) is 25.2 Å². The zero-order valence-corrected chi connectivity index (χ0v) is 26.8. The summed E-state index contributed by atoms with van der Waals surface area (Å²) < 4.78 is 61.5. The lowest BCUT2D eigenvalue weighted by atomic mass is 9.80. The molecule has 5 rings (SSSR count). The monoisotopic (exact) mass is 667 g/mol. The van der Waals surface area contributed by atoms with E-state index in [4.69, 9.17) is 16.3 Å². The maximum absolute atomic E-state index is 14.7. The van der Waals surface area contributed by atoms with Crippen molar-refractivity contribution in [3.8, 4) is 0 Å². The molecule has 2 aromatic rings. The van der Waals surface area contributed by atoms with Crippen molar-refractivity contribution in [2.24, 2.45) is 5.92 Å². The summed E-state index contributed by atoms with van der Waals surface area (Å²) in [4.78, 5) is 30.5. The number of nitrogens with one attached hydrogen (secondary N) is 3. The Morgan fingerprint density at radius 3 is 2.67 bits per heavy atom. The predicted molar refractivity (Wildman–Crippen MR) is 165 cm³/mol. The molecular formula is C31H40ClF2N5O5S. The SMILES string of the molecule is COC(=O)NC(C(=O)NC1CCCCC1CCC1CNC2CCCS(=O)(=O)N1C2)C(c1cncc(F)c1)c1ccc(Cl)c(F)c1. The minimum absolute atomic E-state index is 0.0798. The number of amides is 2. The first-order valence-electron chi connectivity index (χ1n) is 15.5. The van der Waals surface area contributed by atoms with Gasteiger partial charge in [0.25, 0.3) is 0 Å². The Morgan fingerprint density at radius 1 is 1.11 bits per heavy atom. The first kappa shape index (κ1) is 33.5. The van der Waals surface area contributed by atoms with Gasteiger partial charge in [-0.05, 0) is 73.8 Å². The Morgan fingerprint density at radius 2 is 1.91 bits per heavy atom. The quantitative estimate of drug-likeness (QED) is 0.367. The second-order valence-corrected chi connectivity index (χ2v) is 14.7. The molecule has 10 nitrogen and oxygen atoms in total. The molecule has 2 bridgehead atoms. The number of methoxy groups -OCH3 is 1. The molecule has 14 heteroatoms. The molecule has 1 aromatic heterocycles. The number of carbonyl (C=O) groups excluding carboxylic acids is 2. The number of rotatable bonds is 9. The van der Waals surface area contributed by atoms with Gasteiger partial charge in [-0.2, -0.15) is 4.31 Å². The number of pyridine rings is 1. The summed E-state index contributed by atoms with van der Waals surface area (Å²) in [5, 5.41) is 9.09. The summed E-state index contributed by atoms with van der Waals surface area (Å²) in [7, 11) is -2.16. The lowest BCUT2D eigenvalue weighted by Gasteiger charge is -2.39. The Labute approximate surface area is 267 Å². The minimum atomic E-state index is -3.32. The van der Waals surface area contributed by atoms with Gasteiger partial charge >= 0.3 is 6.09 Å². The van der Waals surface area contributed by atoms with Gasteiger partial charge in [-0.25, -0.2) is 22.0 Å². The molecular weight excluding hydrogens is 628 g/mol. The van der Waals surface area contributed by atoms with Gasteiger partial charge in [0.1, 0.15) is 17.7 Å². The Bertz CT molecular complexity index is 1480. The topological polar surface area (TPSA) is 130 Å². The molecule has 3 N–H and O–H groups in total. The van der Waals surface area contributed by atoms with Crippen molar-refractivity contribution in [1.29, 1.82) is 0 Å². The molecule has 45 heavy (non-hydrogen) atoms. The van der Waals surface area contributed by atoms with E-state index >= 15 is 0 Å². The first-order valence-corrected chi connectivity index (χ1v) is 17.5. The summed E-state index contributed by atoms with van der Waals surface area (Å²) in [5.74, 6) is -2.72. The van der Waals surface area contributed by atoms with Gasteiger partial charge in [0.05, 0.1) is 24.1 Å². The number of aromatic nitrogens is 1. The molecule has 7 unspecified atom stereocenters. The second kappa shape index (κ2) is 14.7. The summed E-state index contributed by atoms with van der Waals surface area (Å²) in [6.07, 6.45) is 7.78. The standard InChI is InChI=1S/C31H40ClF2N5O5S/c1-44-31(41)38-29(28(21-13-22(33)16-35-15-21)20-9-11-25(32)26(34)14-20)30(40)37-27-7-3-2-5-19(27)8-10-24-17-36-23-6-4-12-45(42,43)39(24)18-23/h9,11,13-16,19,23-24,27-29,36H,2-8,10,12,17-18H2,1H3,(H,37,40)(H,38,41). The Kier molecular flexibility index (Phi) is 10.9. The molecule has 2 aliphatic heterocycles. The maximum Gasteiger partial charge on any atom is 0.407 e. The smallest absolute Gasteiger partial charge is 0.407 e. The summed E-state index contributed by atoms with van der Waals surface area (Å²) in [5.41, 5.74) is 0.526. The van der Waals surface area contributed by atoms with Crippen molar-refractivity contribution in [3.05, 3.63) is 64.4 Å². The van der Waals surface area contributed by atoms with Gasteiger partial charge < -0.3 is 20.7 Å². The van der Waals surface area contributed by atoms with Crippen molar-refractivity contribution in [3.63, 3.8) is 0 Å². The van der Waals surface area contributed by atoms with Crippen LogP contribution in [0.25, 0.3) is 0 Å². The zero-order valence-electron chi connectivity index (χ0n) is 25.2. The Hall–Kier alpha value is -2.87. The van der Waals surface area contributed by atoms with Crippen LogP contribution in [0.5, 0.6) is 0 Å². The average Bonchev–Trinajstić information content (AvgIpc) is 3.13. The van der Waals surface area contributed by atoms with Crippen molar-refractivity contribution in [2.75, 3.05) is 26.0 Å². The van der Waals surface area contributed by atoms with Crippen LogP contribution in [0.4, 0.5) is 13.6 Å². The fourth-order valence-electron chi connectivity index (χ4n) is 7.03. The molecule has 1 aliphatic carbocycles. The van der Waals surface area contributed by atoms with Crippen LogP contribution >= 0.6 is 11.6 Å². The van der Waals surface area contributed by atoms with Crippen molar-refractivity contribution >= 4 is 33.6 Å². The van der Waals surface area contributed by atoms with Crippen LogP contribution in [0.1, 0.15) is 68.4 Å². The van der Waals surface area contributed by atoms with E-state index in [1.165, 1.54) is 24.4 Å². The number of benzene rings is 1. The molecule has 7 atom stereocenters. The van der Waals surface area contributed by atoms with E-state index in [0.29, 0.717) is 38.8 Å². The highest BCUT2D eigenvalue weighted by Gasteiger charge is 2.40. The highest BCUT2D eigenvalue weighted by Crippen LogP contribution is 2.34. The number of piperazine rings is 1. The number of sulfonamides is 1. The van der Waals surface area contributed by atoms with E-state index in [1.54, 1.807) is 4.31 Å². The largest absolute Gasteiger partial charge is 0.453 e. The second-order valence-electron chi connectivity index (χ2n) is 12.2. The number of ether oxygens (including phenoxy) is 1. The lowest BCUT2D eigenvalue weighted by Crippen LogP contribution is -2.57. The number of hydrogen-bond acceptors (Lipinski definition) is 7. The van der Waals surface area contributed by atoms with Crippen LogP contribution < -0.4 is 16.0 Å². The van der Waals surface area contributed by atoms with Crippen molar-refractivity contribution in [2.45, 2.75) is 81.5 Å². The average molecular weight is 668 g/mol. The molecule has 2 amide bonds. The molecule has 3 aliphatic rings. The lowest BCUT2D eigenvalue weighted by molar-refractivity contribution is -0.124. The van der Waals surface area contributed by atoms with E-state index in [1.807, 2.05) is 0 Å². The van der Waals surface area contributed by atoms with Crippen LogP contribution in [0, 0.1) is 17.6 Å². The van der Waals surface area contributed by atoms with Gasteiger partial charge in [-0.1, -0.05) is 30.5 Å². The molecule has 1 saturated carbocycles. The highest BCUT2D eigenvalue weighted by atomic mass is 35.5. The predicted octanol–water partition coefficient (Wildman–Crippen LogP) is 4.09. The molecule has 0 radical (unpaired) electrons. The van der Waals surface area contributed by atoms with E-state index in [2.05, 4.69) is 20.9 Å². The fourth-order valence-corrected chi connectivity index (χ4v) is 8.96. The summed E-state index contributed by atoms with van der Waals surface area (Å²) in [6.45, 7) is 1.08. The van der Waals surface area contributed by atoms with Crippen LogP contribution in [0.2, 0.25) is 5.02 Å². The van der Waals surface area contributed by atoms with E-state index < -0.39 is 45.6 Å². The van der Waals surface area contributed by atoms with E-state index in [0.717, 1.165) is 45.1 Å². The number of halogens is 3. The van der Waals surface area contributed by atoms with Crippen LogP contribution in [0.15, 0.2) is 36.7 Å². The maximum atomic E-state index is 14.7. The first-order chi connectivity index (χ1) is 21.6. The van der Waals surface area contributed by atoms with Crippen molar-refractivity contribution < 1.29 is 31.5 Å². The third kappa shape index (κ3) is 8.11. The van der Waals surface area contributed by atoms with Crippen LogP contribution in [-0.4, -0.2) is 79.8 Å². The third-order valence-electron chi connectivity index (χ3n) is 9.33. The molecule has 3 fully saturated rings. The molecule has 1 aromatic carbocycles. The number of fused-ring (bicyclic) bond motifs is 2. The third-order valence-corrected chi connectivity index (χ3v) is 11.6. The molecule has 3 heterocycles. The summed E-state index contributed by atoms with van der Waals surface area (Å²) in [6, 6.07) is 3.66. The summed E-state index contributed by atoms with van der Waals surface area (Å²) >= 11 is 5.93. The molecule has 246 valence electrons.